The van der Waals surface area contributed by atoms with Crippen LogP contribution in [-0.4, -0.2) is 58.2 Å². The number of nitrogens with zero attached hydrogens (tertiary/aromatic N) is 5. The molecule has 2 unspecified atom stereocenters. The number of nitriles is 2. The molecule has 0 saturated heterocycles. The quantitative estimate of drug-likeness (QED) is 0.294. The van der Waals surface area contributed by atoms with E-state index >= 15 is 0 Å². The first-order chi connectivity index (χ1) is 25.7. The van der Waals surface area contributed by atoms with Crippen molar-refractivity contribution in [2.24, 2.45) is 0 Å². The number of pyridine rings is 2. The lowest BCUT2D eigenvalue weighted by molar-refractivity contribution is 0.168. The van der Waals surface area contributed by atoms with Gasteiger partial charge in [0.25, 0.3) is 6.26 Å². The number of aromatic nitrogens is 2. The number of fused-ring (bicyclic) bond motifs is 2. The Morgan fingerprint density at radius 3 is 1.94 bits per heavy atom. The average molecular weight is 846 g/mol. The summed E-state index contributed by atoms with van der Waals surface area (Å²) < 4.78 is 6.78. The fraction of sp³-hybridized carbons (Fsp3) is 0.500. The highest BCUT2D eigenvalue weighted by atomic mass is 79.9. The van der Waals surface area contributed by atoms with Gasteiger partial charge >= 0.3 is 6.03 Å². The Labute approximate surface area is 331 Å². The zero-order valence-electron chi connectivity index (χ0n) is 31.1. The van der Waals surface area contributed by atoms with Crippen molar-refractivity contribution in [3.05, 3.63) is 91.4 Å². The van der Waals surface area contributed by atoms with E-state index in [0.29, 0.717) is 18.6 Å². The summed E-state index contributed by atoms with van der Waals surface area (Å²) in [7, 11) is 0. The minimum Gasteiger partial charge on any atom is -0.424 e. The maximum absolute atomic E-state index is 12.6. The summed E-state index contributed by atoms with van der Waals surface area (Å²) in [6.45, 7) is 7.48. The van der Waals surface area contributed by atoms with Crippen LogP contribution in [0.15, 0.2) is 68.9 Å². The molecule has 2 amide bonds. The molecule has 2 aromatic rings. The van der Waals surface area contributed by atoms with Crippen LogP contribution in [0.5, 0.6) is 0 Å². The van der Waals surface area contributed by atoms with Crippen LogP contribution in [0.4, 0.5) is 4.79 Å². The second-order valence-electron chi connectivity index (χ2n) is 14.4. The molecule has 2 N–H and O–H groups in total. The normalized spacial score (nSPS) is 21.6. The Bertz CT molecular complexity index is 1810. The summed E-state index contributed by atoms with van der Waals surface area (Å²) in [6, 6.07) is 7.35. The Hall–Kier alpha value is -3.77. The van der Waals surface area contributed by atoms with E-state index in [9.17, 15) is 4.79 Å². The zero-order chi connectivity index (χ0) is 37.7. The van der Waals surface area contributed by atoms with E-state index in [2.05, 4.69) is 103 Å². The van der Waals surface area contributed by atoms with Gasteiger partial charge in [0.05, 0.1) is 17.5 Å². The molecule has 0 spiro atoms. The van der Waals surface area contributed by atoms with Gasteiger partial charge in [-0.3, -0.25) is 9.97 Å². The molecule has 4 heterocycles. The fourth-order valence-corrected chi connectivity index (χ4v) is 8.52. The molecule has 2 aliphatic heterocycles. The van der Waals surface area contributed by atoms with Crippen molar-refractivity contribution in [2.45, 2.75) is 122 Å². The molecule has 4 aliphatic carbocycles. The molecule has 53 heavy (non-hydrogen) atoms. The van der Waals surface area contributed by atoms with Gasteiger partial charge in [-0.2, -0.15) is 10.5 Å². The molecule has 0 bridgehead atoms. The van der Waals surface area contributed by atoms with Crippen LogP contribution >= 0.6 is 31.9 Å². The van der Waals surface area contributed by atoms with Gasteiger partial charge in [0.1, 0.15) is 6.10 Å². The fourth-order valence-electron chi connectivity index (χ4n) is 7.85. The van der Waals surface area contributed by atoms with Crippen LogP contribution in [0.25, 0.3) is 11.1 Å². The zero-order valence-corrected chi connectivity index (χ0v) is 34.3. The minimum atomic E-state index is 0.0971. The van der Waals surface area contributed by atoms with Crippen LogP contribution < -0.4 is 10.6 Å². The van der Waals surface area contributed by atoms with Crippen LogP contribution in [0.3, 0.4) is 0 Å². The number of carbonyl (C=O) groups excluding carboxylic acids is 1. The smallest absolute Gasteiger partial charge is 0.318 e. The number of carbonyl (C=O) groups is 1. The van der Waals surface area contributed by atoms with E-state index < -0.39 is 0 Å². The maximum Gasteiger partial charge on any atom is 0.318 e. The Kier molecular flexibility index (Phi) is 15.3. The van der Waals surface area contributed by atoms with Gasteiger partial charge in [0, 0.05) is 83.4 Å². The molecule has 6 aliphatic rings. The van der Waals surface area contributed by atoms with Crippen molar-refractivity contribution >= 4 is 49.0 Å². The first kappa shape index (κ1) is 40.4. The van der Waals surface area contributed by atoms with Crippen molar-refractivity contribution in [1.82, 2.24) is 25.5 Å². The number of rotatable bonds is 4. The predicted molar refractivity (Wildman–Crippen MR) is 217 cm³/mol. The Morgan fingerprint density at radius 2 is 1.42 bits per heavy atom. The number of ether oxygens (including phenoxy) is 1. The third kappa shape index (κ3) is 11.1. The summed E-state index contributed by atoms with van der Waals surface area (Å²) in [5.74, 6) is 0. The number of amides is 2. The number of urea groups is 1. The molecule has 2 atom stereocenters. The van der Waals surface area contributed by atoms with Gasteiger partial charge in [0.2, 0.25) is 0 Å². The lowest BCUT2D eigenvalue weighted by Crippen LogP contribution is -2.49. The first-order valence-corrected chi connectivity index (χ1v) is 20.5. The second kappa shape index (κ2) is 20.1. The predicted octanol–water partition coefficient (Wildman–Crippen LogP) is 9.50. The molecule has 280 valence electrons. The number of allylic oxidation sites excluding steroid dienone is 4. The lowest BCUT2D eigenvalue weighted by atomic mass is 9.92. The van der Waals surface area contributed by atoms with Crippen molar-refractivity contribution < 1.29 is 9.53 Å². The van der Waals surface area contributed by atoms with E-state index in [1.807, 2.05) is 17.3 Å². The Balaban J connectivity index is 0.000000166. The maximum atomic E-state index is 12.6. The van der Waals surface area contributed by atoms with Gasteiger partial charge in [-0.1, -0.05) is 37.1 Å². The molecule has 9 nitrogen and oxygen atoms in total. The van der Waals surface area contributed by atoms with Crippen LogP contribution in [0.1, 0.15) is 107 Å². The number of nitrogens with one attached hydrogen (secondary N) is 2. The highest BCUT2D eigenvalue weighted by Crippen LogP contribution is 2.38. The molecular formula is C42H51Br2N7O2. The summed E-state index contributed by atoms with van der Waals surface area (Å²) in [4.78, 5) is 23.6. The minimum absolute atomic E-state index is 0.0971. The molecule has 2 saturated carbocycles. The van der Waals surface area contributed by atoms with E-state index in [0.717, 1.165) is 72.6 Å². The molecular weight excluding hydrogens is 794 g/mol. The van der Waals surface area contributed by atoms with Crippen molar-refractivity contribution in [2.75, 3.05) is 13.1 Å². The van der Waals surface area contributed by atoms with E-state index in [1.165, 1.54) is 71.7 Å². The monoisotopic (exact) mass is 843 g/mol. The standard InChI is InChI=1S/C20H24BrN3O.C14H15BrN2.C6H9NO.C2H3N/c1-13-10-14(17-6-7-19-18(17)11-15(21)12-22-19)8-9-24(13)20(25)23-16-4-2-3-5-16;1-9-6-10(4-5-16-9)12-2-3-14-13(12)7-11(15)8-17-14;7-5-8-6-3-1-2-4-6;1-2-3/h6,8,11-13,16H,2-5,7,9-10H2,1H3,(H,23,25);2,4,7-9,16H,3,5-6H2,1H3;6H,1-4H2;1H3. The van der Waals surface area contributed by atoms with Crippen molar-refractivity contribution in [1.29, 1.82) is 10.5 Å². The summed E-state index contributed by atoms with van der Waals surface area (Å²) in [6.07, 6.45) is 28.0. The van der Waals surface area contributed by atoms with Gasteiger partial charge in [-0.25, -0.2) is 4.79 Å². The first-order valence-electron chi connectivity index (χ1n) is 18.9. The van der Waals surface area contributed by atoms with E-state index in [-0.39, 0.29) is 18.2 Å². The van der Waals surface area contributed by atoms with Crippen molar-refractivity contribution in [3.8, 4) is 12.3 Å². The third-order valence-corrected chi connectivity index (χ3v) is 11.4. The third-order valence-electron chi connectivity index (χ3n) is 10.5. The number of hydrogen-bond acceptors (Lipinski definition) is 7. The highest BCUT2D eigenvalue weighted by molar-refractivity contribution is 9.10. The van der Waals surface area contributed by atoms with Gasteiger partial charge < -0.3 is 20.3 Å². The van der Waals surface area contributed by atoms with Crippen LogP contribution in [-0.2, 0) is 17.6 Å². The van der Waals surface area contributed by atoms with Gasteiger partial charge in [-0.05, 0) is 131 Å². The second-order valence-corrected chi connectivity index (χ2v) is 16.2. The molecule has 11 heteroatoms. The van der Waals surface area contributed by atoms with Gasteiger partial charge in [0.15, 0.2) is 0 Å². The van der Waals surface area contributed by atoms with Gasteiger partial charge in [-0.15, -0.1) is 0 Å². The average Bonchev–Trinajstić information content (AvgIpc) is 3.98. The lowest BCUT2D eigenvalue weighted by Gasteiger charge is -2.34. The number of halogens is 2. The highest BCUT2D eigenvalue weighted by Gasteiger charge is 2.29. The van der Waals surface area contributed by atoms with E-state index in [4.69, 9.17) is 15.3 Å². The SMILES string of the molecule is CC#N.CC1CC(C2=CCc3ncc(Br)cc32)=CCN1.CC1CC(C2=CCc3ncc(Br)cc32)=CCN1C(=O)NC1CCCC1.N#COC1CCCC1. The molecule has 0 aromatic carbocycles. The molecule has 2 aromatic heterocycles. The topological polar surface area (TPSA) is 127 Å². The van der Waals surface area contributed by atoms with E-state index in [1.54, 1.807) is 12.3 Å². The Morgan fingerprint density at radius 1 is 0.868 bits per heavy atom. The summed E-state index contributed by atoms with van der Waals surface area (Å²) in [5, 5.41) is 22.0. The number of hydrogen-bond donors (Lipinski definition) is 2. The molecule has 0 radical (unpaired) electrons. The largest absolute Gasteiger partial charge is 0.424 e. The van der Waals surface area contributed by atoms with Crippen LogP contribution in [0, 0.1) is 22.8 Å². The molecule has 2 fully saturated rings. The summed E-state index contributed by atoms with van der Waals surface area (Å²) in [5.41, 5.74) is 10.4. The molecule has 8 rings (SSSR count). The summed E-state index contributed by atoms with van der Waals surface area (Å²) >= 11 is 7.03. The van der Waals surface area contributed by atoms with Crippen molar-refractivity contribution in [3.63, 3.8) is 0 Å². The van der Waals surface area contributed by atoms with Crippen LogP contribution in [0.2, 0.25) is 0 Å².